The van der Waals surface area contributed by atoms with Crippen molar-refractivity contribution in [3.63, 3.8) is 0 Å². The van der Waals surface area contributed by atoms with Gasteiger partial charge in [0.2, 0.25) is 10.0 Å². The second-order valence-corrected chi connectivity index (χ2v) is 8.75. The molecule has 3 aromatic carbocycles. The summed E-state index contributed by atoms with van der Waals surface area (Å²) in [4.78, 5) is 23.4. The maximum atomic E-state index is 12.5. The average molecular weight is 495 g/mol. The smallest absolute Gasteiger partial charge is 0.456 e. The lowest BCUT2D eigenvalue weighted by atomic mass is 10.1. The van der Waals surface area contributed by atoms with E-state index >= 15 is 0 Å². The summed E-state index contributed by atoms with van der Waals surface area (Å²) in [6.45, 7) is 0. The second-order valence-electron chi connectivity index (χ2n) is 7.00. The number of carbonyl (C=O) groups excluding carboxylic acids is 2. The van der Waals surface area contributed by atoms with Crippen LogP contribution < -0.4 is 15.2 Å². The Balaban J connectivity index is 1.99. The van der Waals surface area contributed by atoms with E-state index in [-0.39, 0.29) is 23.0 Å². The number of rotatable bonds is 6. The average Bonchev–Trinajstić information content (AvgIpc) is 2.72. The molecule has 13 heteroatoms. The van der Waals surface area contributed by atoms with Crippen LogP contribution in [-0.4, -0.2) is 38.6 Å². The second kappa shape index (κ2) is 9.02. The predicted octanol–water partition coefficient (Wildman–Crippen LogP) is 3.53. The molecule has 0 aliphatic heterocycles. The van der Waals surface area contributed by atoms with Crippen LogP contribution in [0.1, 0.15) is 15.9 Å². The van der Waals surface area contributed by atoms with Crippen molar-refractivity contribution in [1.82, 2.24) is 0 Å². The van der Waals surface area contributed by atoms with Crippen LogP contribution in [0.15, 0.2) is 54.6 Å². The summed E-state index contributed by atoms with van der Waals surface area (Å²) >= 11 is 0. The Morgan fingerprint density at radius 3 is 2.26 bits per heavy atom. The van der Waals surface area contributed by atoms with Gasteiger partial charge in [0.1, 0.15) is 22.9 Å². The first kappa shape index (κ1) is 24.5. The zero-order valence-electron chi connectivity index (χ0n) is 17.3. The SMILES string of the molecule is CS(=O)(=O)Nc1ccc(Oc2ccc3cc(C(=N)N)ccc3c2)c(C(=O)OC(=O)C(F)(F)F)c1. The minimum Gasteiger partial charge on any atom is -0.456 e. The van der Waals surface area contributed by atoms with E-state index in [2.05, 4.69) is 9.46 Å². The highest BCUT2D eigenvalue weighted by molar-refractivity contribution is 7.92. The Morgan fingerprint density at radius 2 is 1.65 bits per heavy atom. The molecule has 0 heterocycles. The normalized spacial score (nSPS) is 11.6. The van der Waals surface area contributed by atoms with E-state index in [1.54, 1.807) is 30.3 Å². The largest absolute Gasteiger partial charge is 0.491 e. The molecule has 0 unspecified atom stereocenters. The predicted molar refractivity (Wildman–Crippen MR) is 116 cm³/mol. The quantitative estimate of drug-likeness (QED) is 0.205. The standard InChI is InChI=1S/C21H16F3N3O6S/c1-34(30,31)27-14-5-7-17(16(10-14)19(28)33-20(29)21(22,23)24)32-15-6-4-11-8-13(18(25)26)3-2-12(11)9-15/h2-10,27H,1H3,(H3,25,26). The molecule has 4 N–H and O–H groups in total. The first-order valence-electron chi connectivity index (χ1n) is 9.24. The van der Waals surface area contributed by atoms with Gasteiger partial charge < -0.3 is 15.2 Å². The monoisotopic (exact) mass is 495 g/mol. The van der Waals surface area contributed by atoms with Gasteiger partial charge in [0.15, 0.2) is 0 Å². The lowest BCUT2D eigenvalue weighted by Gasteiger charge is -2.14. The number of anilines is 1. The fraction of sp³-hybridized carbons (Fsp3) is 0.0952. The Labute approximate surface area is 190 Å². The summed E-state index contributed by atoms with van der Waals surface area (Å²) in [5.74, 6) is -4.68. The first-order chi connectivity index (χ1) is 15.7. The highest BCUT2D eigenvalue weighted by Crippen LogP contribution is 2.31. The van der Waals surface area contributed by atoms with E-state index in [9.17, 15) is 31.2 Å². The molecule has 3 rings (SSSR count). The number of halogens is 3. The van der Waals surface area contributed by atoms with Crippen molar-refractivity contribution < 1.29 is 40.7 Å². The van der Waals surface area contributed by atoms with E-state index in [4.69, 9.17) is 15.9 Å². The highest BCUT2D eigenvalue weighted by atomic mass is 32.2. The van der Waals surface area contributed by atoms with Gasteiger partial charge in [0.05, 0.1) is 6.26 Å². The molecule has 34 heavy (non-hydrogen) atoms. The van der Waals surface area contributed by atoms with Gasteiger partial charge in [-0.05, 0) is 47.2 Å². The van der Waals surface area contributed by atoms with Gasteiger partial charge in [-0.1, -0.05) is 18.2 Å². The number of hydrogen-bond donors (Lipinski definition) is 3. The highest BCUT2D eigenvalue weighted by Gasteiger charge is 2.43. The lowest BCUT2D eigenvalue weighted by molar-refractivity contribution is -0.193. The van der Waals surface area contributed by atoms with Gasteiger partial charge >= 0.3 is 18.1 Å². The molecule has 0 saturated heterocycles. The van der Waals surface area contributed by atoms with Crippen molar-refractivity contribution >= 4 is 44.3 Å². The zero-order valence-corrected chi connectivity index (χ0v) is 18.1. The maximum Gasteiger partial charge on any atom is 0.491 e. The summed E-state index contributed by atoms with van der Waals surface area (Å²) in [7, 11) is -3.79. The minimum atomic E-state index is -5.42. The first-order valence-corrected chi connectivity index (χ1v) is 11.1. The Kier molecular flexibility index (Phi) is 6.50. The van der Waals surface area contributed by atoms with Gasteiger partial charge in [-0.3, -0.25) is 10.1 Å². The van der Waals surface area contributed by atoms with Gasteiger partial charge in [0, 0.05) is 11.3 Å². The summed E-state index contributed by atoms with van der Waals surface area (Å²) < 4.78 is 72.1. The molecule has 9 nitrogen and oxygen atoms in total. The van der Waals surface area contributed by atoms with Crippen LogP contribution in [0, 0.1) is 5.41 Å². The molecule has 0 fully saturated rings. The third-order valence-electron chi connectivity index (χ3n) is 4.27. The lowest BCUT2D eigenvalue weighted by Crippen LogP contribution is -2.28. The summed E-state index contributed by atoms with van der Waals surface area (Å²) in [6.07, 6.45) is -4.59. The number of nitrogen functional groups attached to an aromatic ring is 1. The van der Waals surface area contributed by atoms with Crippen LogP contribution in [0.3, 0.4) is 0 Å². The fourth-order valence-corrected chi connectivity index (χ4v) is 3.39. The van der Waals surface area contributed by atoms with Gasteiger partial charge in [0.25, 0.3) is 0 Å². The molecule has 0 atom stereocenters. The van der Waals surface area contributed by atoms with Crippen LogP contribution in [0.5, 0.6) is 11.5 Å². The van der Waals surface area contributed by atoms with Crippen LogP contribution in [-0.2, 0) is 19.6 Å². The number of nitrogens with one attached hydrogen (secondary N) is 2. The summed E-state index contributed by atoms with van der Waals surface area (Å²) in [5.41, 5.74) is 5.17. The van der Waals surface area contributed by atoms with Crippen molar-refractivity contribution in [2.45, 2.75) is 6.18 Å². The van der Waals surface area contributed by atoms with E-state index in [0.29, 0.717) is 16.3 Å². The third kappa shape index (κ3) is 6.01. The molecule has 0 aliphatic carbocycles. The zero-order chi connectivity index (χ0) is 25.3. The summed E-state index contributed by atoms with van der Waals surface area (Å²) in [6, 6.07) is 12.8. The Hall–Kier alpha value is -4.13. The number of ether oxygens (including phenoxy) is 2. The number of alkyl halides is 3. The molecular weight excluding hydrogens is 479 g/mol. The molecule has 178 valence electrons. The molecule has 0 spiro atoms. The van der Waals surface area contributed by atoms with Gasteiger partial charge in [-0.25, -0.2) is 18.0 Å². The topological polar surface area (TPSA) is 149 Å². The number of esters is 2. The number of benzene rings is 3. The molecule has 0 bridgehead atoms. The maximum absolute atomic E-state index is 12.5. The molecular formula is C21H16F3N3O6S. The van der Waals surface area contributed by atoms with Gasteiger partial charge in [-0.15, -0.1) is 0 Å². The van der Waals surface area contributed by atoms with Gasteiger partial charge in [-0.2, -0.15) is 13.2 Å². The van der Waals surface area contributed by atoms with Crippen LogP contribution in [0.2, 0.25) is 0 Å². The fourth-order valence-electron chi connectivity index (χ4n) is 2.83. The van der Waals surface area contributed by atoms with Crippen LogP contribution >= 0.6 is 0 Å². The van der Waals surface area contributed by atoms with Crippen molar-refractivity contribution in [3.8, 4) is 11.5 Å². The molecule has 0 saturated carbocycles. The molecule has 0 amide bonds. The number of fused-ring (bicyclic) bond motifs is 1. The molecule has 0 aliphatic rings. The molecule has 0 aromatic heterocycles. The number of amidine groups is 1. The van der Waals surface area contributed by atoms with Crippen LogP contribution in [0.4, 0.5) is 18.9 Å². The molecule has 0 radical (unpaired) electrons. The van der Waals surface area contributed by atoms with Crippen LogP contribution in [0.25, 0.3) is 10.8 Å². The van der Waals surface area contributed by atoms with E-state index in [1.165, 1.54) is 12.1 Å². The van der Waals surface area contributed by atoms with Crippen molar-refractivity contribution in [2.75, 3.05) is 11.0 Å². The number of hydrogen-bond acceptors (Lipinski definition) is 7. The number of sulfonamides is 1. The van der Waals surface area contributed by atoms with Crippen molar-refractivity contribution in [3.05, 3.63) is 65.7 Å². The van der Waals surface area contributed by atoms with Crippen molar-refractivity contribution in [2.24, 2.45) is 5.73 Å². The minimum absolute atomic E-state index is 0.124. The van der Waals surface area contributed by atoms with Crippen molar-refractivity contribution in [1.29, 1.82) is 5.41 Å². The Bertz CT molecular complexity index is 1420. The Morgan fingerprint density at radius 1 is 1.00 bits per heavy atom. The number of nitrogens with two attached hydrogens (primary N) is 1. The van der Waals surface area contributed by atoms with E-state index < -0.39 is 33.7 Å². The van der Waals surface area contributed by atoms with E-state index in [0.717, 1.165) is 18.4 Å². The van der Waals surface area contributed by atoms with E-state index in [1.807, 2.05) is 0 Å². The number of carbonyl (C=O) groups is 2. The third-order valence-corrected chi connectivity index (χ3v) is 4.88. The summed E-state index contributed by atoms with van der Waals surface area (Å²) in [5, 5.41) is 8.87. The molecule has 3 aromatic rings.